The Bertz CT molecular complexity index is 1450. The first-order chi connectivity index (χ1) is 22.4. The van der Waals surface area contributed by atoms with Crippen molar-refractivity contribution in [3.63, 3.8) is 0 Å². The zero-order chi connectivity index (χ0) is 34.0. The van der Waals surface area contributed by atoms with Crippen LogP contribution in [0.15, 0.2) is 45.3 Å². The second kappa shape index (κ2) is 17.6. The molecule has 0 radical (unpaired) electrons. The molecule has 0 atom stereocenters. The van der Waals surface area contributed by atoms with Gasteiger partial charge in [-0.2, -0.15) is 0 Å². The number of hydrogen-bond acceptors (Lipinski definition) is 5. The van der Waals surface area contributed by atoms with Crippen molar-refractivity contribution < 1.29 is 31.8 Å². The molecule has 2 aliphatic rings. The van der Waals surface area contributed by atoms with Crippen molar-refractivity contribution in [2.24, 2.45) is 5.92 Å². The van der Waals surface area contributed by atoms with Gasteiger partial charge >= 0.3 is 0 Å². The summed E-state index contributed by atoms with van der Waals surface area (Å²) in [6, 6.07) is 11.7. The van der Waals surface area contributed by atoms with Gasteiger partial charge in [-0.15, -0.1) is 0 Å². The van der Waals surface area contributed by atoms with Crippen LogP contribution < -0.4 is 5.32 Å². The number of halogens is 6. The van der Waals surface area contributed by atoms with Crippen LogP contribution in [0.4, 0.5) is 23.2 Å². The molecule has 0 saturated heterocycles. The van der Waals surface area contributed by atoms with Gasteiger partial charge in [0.1, 0.15) is 11.6 Å². The Morgan fingerprint density at radius 3 is 2.15 bits per heavy atom. The molecule has 5 rings (SSSR count). The summed E-state index contributed by atoms with van der Waals surface area (Å²) in [5, 5.41) is 3.28. The lowest BCUT2D eigenvalue weighted by Crippen LogP contribution is -2.29. The molecule has 1 heterocycles. The molecule has 3 aromatic rings. The van der Waals surface area contributed by atoms with Crippen molar-refractivity contribution in [1.82, 2.24) is 9.55 Å². The van der Waals surface area contributed by atoms with Gasteiger partial charge in [0, 0.05) is 84.9 Å². The summed E-state index contributed by atoms with van der Waals surface area (Å²) in [4.78, 5) is 17.2. The first-order valence-corrected chi connectivity index (χ1v) is 18.1. The van der Waals surface area contributed by atoms with Crippen LogP contribution in [-0.4, -0.2) is 60.2 Å². The molecule has 0 amide bonds. The van der Waals surface area contributed by atoms with Crippen LogP contribution in [0.1, 0.15) is 82.5 Å². The van der Waals surface area contributed by atoms with Crippen LogP contribution >= 0.6 is 31.9 Å². The minimum absolute atomic E-state index is 0.0456. The smallest absolute Gasteiger partial charge is 0.248 e. The fraction of sp³-hybridized carbons (Fsp3) is 0.600. The van der Waals surface area contributed by atoms with Crippen LogP contribution in [-0.2, 0) is 27.2 Å². The molecule has 12 heteroatoms. The Morgan fingerprint density at radius 2 is 1.49 bits per heavy atom. The Hall–Kier alpha value is -2.02. The van der Waals surface area contributed by atoms with Gasteiger partial charge < -0.3 is 19.4 Å². The molecule has 2 aliphatic carbocycles. The summed E-state index contributed by atoms with van der Waals surface area (Å²) < 4.78 is 68.2. The SMILES string of the molecule is CCOCCNc1cc(Br)ccc1CC(=O)C1CCC(F)(F)CC1.CCOCCn1c(C2CCC(F)(F)CC2)nc2ccc(Br)cc21. The number of ketones is 1. The highest BCUT2D eigenvalue weighted by Gasteiger charge is 2.38. The second-order valence-corrected chi connectivity index (χ2v) is 14.1. The topological polar surface area (TPSA) is 65.4 Å². The first kappa shape index (κ1) is 37.8. The van der Waals surface area contributed by atoms with E-state index in [0.29, 0.717) is 52.4 Å². The Balaban J connectivity index is 0.000000213. The Kier molecular flexibility index (Phi) is 14.1. The fourth-order valence-electron chi connectivity index (χ4n) is 6.22. The van der Waals surface area contributed by atoms with Crippen LogP contribution in [0, 0.1) is 5.92 Å². The molecule has 0 spiro atoms. The van der Waals surface area contributed by atoms with Gasteiger partial charge in [-0.25, -0.2) is 22.5 Å². The van der Waals surface area contributed by atoms with Crippen molar-refractivity contribution in [3.8, 4) is 0 Å². The number of Topliss-reactive ketones (excluding diaryl/α,β-unsaturated/α-hetero) is 1. The van der Waals surface area contributed by atoms with E-state index < -0.39 is 11.8 Å². The number of nitrogens with zero attached hydrogens (tertiary/aromatic N) is 2. The Labute approximate surface area is 291 Å². The maximum atomic E-state index is 13.4. The van der Waals surface area contributed by atoms with Crippen LogP contribution in [0.3, 0.4) is 0 Å². The number of alkyl halides is 4. The number of imidazole rings is 1. The van der Waals surface area contributed by atoms with E-state index in [0.717, 1.165) is 37.1 Å². The third-order valence-corrected chi connectivity index (χ3v) is 9.85. The maximum absolute atomic E-state index is 13.4. The molecular weight excluding hydrogens is 746 g/mol. The Morgan fingerprint density at radius 1 is 0.894 bits per heavy atom. The van der Waals surface area contributed by atoms with E-state index in [1.165, 1.54) is 0 Å². The van der Waals surface area contributed by atoms with Gasteiger partial charge in [0.05, 0.1) is 24.2 Å². The number of aromatic nitrogens is 2. The van der Waals surface area contributed by atoms with E-state index in [9.17, 15) is 22.4 Å². The molecule has 1 N–H and O–H groups in total. The number of carbonyl (C=O) groups excluding carboxylic acids is 1. The van der Waals surface area contributed by atoms with Crippen LogP contribution in [0.2, 0.25) is 0 Å². The molecule has 2 aromatic carbocycles. The van der Waals surface area contributed by atoms with E-state index >= 15 is 0 Å². The molecule has 6 nitrogen and oxygen atoms in total. The summed E-state index contributed by atoms with van der Waals surface area (Å²) in [7, 11) is 0. The predicted molar refractivity (Wildman–Crippen MR) is 185 cm³/mol. The van der Waals surface area contributed by atoms with Crippen LogP contribution in [0.5, 0.6) is 0 Å². The van der Waals surface area contributed by atoms with Crippen molar-refractivity contribution in [2.45, 2.75) is 95.9 Å². The van der Waals surface area contributed by atoms with Gasteiger partial charge in [0.15, 0.2) is 0 Å². The molecule has 260 valence electrons. The summed E-state index contributed by atoms with van der Waals surface area (Å²) >= 11 is 6.93. The van der Waals surface area contributed by atoms with Gasteiger partial charge in [-0.3, -0.25) is 4.79 Å². The number of carbonyl (C=O) groups is 1. The molecule has 2 fully saturated rings. The minimum atomic E-state index is -2.60. The van der Waals surface area contributed by atoms with Crippen molar-refractivity contribution >= 4 is 54.4 Å². The number of fused-ring (bicyclic) bond motifs is 1. The molecule has 1 aromatic heterocycles. The van der Waals surface area contributed by atoms with Gasteiger partial charge in [-0.05, 0) is 75.4 Å². The highest BCUT2D eigenvalue weighted by molar-refractivity contribution is 9.10. The summed E-state index contributed by atoms with van der Waals surface area (Å²) in [6.07, 6.45) is 1.39. The lowest BCUT2D eigenvalue weighted by molar-refractivity contribution is -0.126. The molecule has 47 heavy (non-hydrogen) atoms. The average molecular weight is 792 g/mol. The lowest BCUT2D eigenvalue weighted by Gasteiger charge is -2.28. The summed E-state index contributed by atoms with van der Waals surface area (Å²) in [6.45, 7) is 7.78. The van der Waals surface area contributed by atoms with E-state index in [4.69, 9.17) is 14.5 Å². The van der Waals surface area contributed by atoms with Gasteiger partial charge in [-0.1, -0.05) is 37.9 Å². The van der Waals surface area contributed by atoms with Crippen molar-refractivity contribution in [2.75, 3.05) is 38.3 Å². The summed E-state index contributed by atoms with van der Waals surface area (Å²) in [5.74, 6) is -4.27. The standard InChI is InChI=1S/C18H24BrF2NO2.C17H21BrF2N2O/c1-2-24-10-9-22-16-12-15(19)4-3-14(16)11-17(23)13-5-7-18(20,21)8-6-13;1-2-23-10-9-22-15-11-13(18)3-4-14(15)21-16(22)12-5-7-17(19,20)8-6-12/h3-4,12-13,22H,2,5-11H2,1H3;3-4,11-12H,2,5-10H2,1H3. The lowest BCUT2D eigenvalue weighted by atomic mass is 9.82. The van der Waals surface area contributed by atoms with Gasteiger partial charge in [0.25, 0.3) is 0 Å². The fourth-order valence-corrected chi connectivity index (χ4v) is 6.93. The molecule has 0 unspecified atom stereocenters. The maximum Gasteiger partial charge on any atom is 0.248 e. The second-order valence-electron chi connectivity index (χ2n) is 12.3. The average Bonchev–Trinajstić information content (AvgIpc) is 3.38. The number of benzene rings is 2. The van der Waals surface area contributed by atoms with Gasteiger partial charge in [0.2, 0.25) is 11.8 Å². The quantitative estimate of drug-likeness (QED) is 0.138. The minimum Gasteiger partial charge on any atom is -0.382 e. The molecule has 0 aliphatic heterocycles. The van der Waals surface area contributed by atoms with E-state index in [1.54, 1.807) is 0 Å². The van der Waals surface area contributed by atoms with E-state index in [-0.39, 0.29) is 62.6 Å². The first-order valence-electron chi connectivity index (χ1n) is 16.5. The van der Waals surface area contributed by atoms with E-state index in [2.05, 4.69) is 41.7 Å². The zero-order valence-electron chi connectivity index (χ0n) is 27.1. The number of hydrogen-bond donors (Lipinski definition) is 1. The number of nitrogens with one attached hydrogen (secondary N) is 1. The normalized spacial score (nSPS) is 18.1. The molecule has 2 saturated carbocycles. The van der Waals surface area contributed by atoms with Crippen LogP contribution in [0.25, 0.3) is 11.0 Å². The molecule has 0 bridgehead atoms. The van der Waals surface area contributed by atoms with Crippen molar-refractivity contribution in [1.29, 1.82) is 0 Å². The monoisotopic (exact) mass is 789 g/mol. The largest absolute Gasteiger partial charge is 0.382 e. The number of anilines is 1. The van der Waals surface area contributed by atoms with E-state index in [1.807, 2.05) is 50.2 Å². The highest BCUT2D eigenvalue weighted by Crippen LogP contribution is 2.41. The summed E-state index contributed by atoms with van der Waals surface area (Å²) in [5.41, 5.74) is 3.74. The third-order valence-electron chi connectivity index (χ3n) is 8.86. The number of ether oxygens (including phenoxy) is 2. The number of rotatable bonds is 13. The zero-order valence-corrected chi connectivity index (χ0v) is 30.3. The third kappa shape index (κ3) is 11.3. The highest BCUT2D eigenvalue weighted by atomic mass is 79.9. The predicted octanol–water partition coefficient (Wildman–Crippen LogP) is 9.96. The van der Waals surface area contributed by atoms with Crippen molar-refractivity contribution in [3.05, 3.63) is 56.7 Å². The molecular formula is C35H45Br2F4N3O3.